The summed E-state index contributed by atoms with van der Waals surface area (Å²) in [7, 11) is 1.65. The molecular weight excluding hydrogens is 288 g/mol. The Morgan fingerprint density at radius 3 is 2.87 bits per heavy atom. The first-order chi connectivity index (χ1) is 11.2. The van der Waals surface area contributed by atoms with Crippen LogP contribution in [0.25, 0.3) is 0 Å². The van der Waals surface area contributed by atoms with E-state index in [4.69, 9.17) is 0 Å². The van der Waals surface area contributed by atoms with Crippen molar-refractivity contribution in [2.24, 2.45) is 0 Å². The maximum Gasteiger partial charge on any atom is 0.251 e. The quantitative estimate of drug-likeness (QED) is 0.890. The number of carbonyl (C=O) groups is 1. The Balaban J connectivity index is 1.55. The largest absolute Gasteiger partial charge is 0.355 e. The number of hydrogen-bond acceptors (Lipinski definition) is 3. The second-order valence-corrected chi connectivity index (χ2v) is 6.18. The summed E-state index contributed by atoms with van der Waals surface area (Å²) >= 11 is 0. The summed E-state index contributed by atoms with van der Waals surface area (Å²) in [5, 5.41) is 6.16. The summed E-state index contributed by atoms with van der Waals surface area (Å²) in [5.41, 5.74) is 2.99. The van der Waals surface area contributed by atoms with E-state index in [1.54, 1.807) is 7.05 Å². The molecule has 0 saturated carbocycles. The zero-order valence-corrected chi connectivity index (χ0v) is 13.8. The Labute approximate surface area is 137 Å². The lowest BCUT2D eigenvalue weighted by atomic mass is 9.99. The van der Waals surface area contributed by atoms with Gasteiger partial charge < -0.3 is 15.2 Å². The SMILES string of the molecule is CNC(=O)c1ccc(CNC[C@H]2CCCn3cc(C)nc32)cc1. The Bertz CT molecular complexity index is 675. The summed E-state index contributed by atoms with van der Waals surface area (Å²) in [5.74, 6) is 1.66. The molecule has 1 atom stereocenters. The van der Waals surface area contributed by atoms with Crippen molar-refractivity contribution in [3.63, 3.8) is 0 Å². The molecule has 0 aliphatic carbocycles. The number of fused-ring (bicyclic) bond motifs is 1. The molecule has 23 heavy (non-hydrogen) atoms. The molecule has 0 unspecified atom stereocenters. The van der Waals surface area contributed by atoms with Crippen molar-refractivity contribution < 1.29 is 4.79 Å². The summed E-state index contributed by atoms with van der Waals surface area (Å²) < 4.78 is 2.29. The zero-order chi connectivity index (χ0) is 16.2. The van der Waals surface area contributed by atoms with E-state index >= 15 is 0 Å². The van der Waals surface area contributed by atoms with Gasteiger partial charge in [-0.25, -0.2) is 4.98 Å². The normalized spacial score (nSPS) is 16.9. The van der Waals surface area contributed by atoms with Gasteiger partial charge in [0.25, 0.3) is 5.91 Å². The number of benzene rings is 1. The van der Waals surface area contributed by atoms with Crippen LogP contribution in [0.1, 0.15) is 46.2 Å². The van der Waals surface area contributed by atoms with Gasteiger partial charge in [0.2, 0.25) is 0 Å². The lowest BCUT2D eigenvalue weighted by molar-refractivity contribution is 0.0963. The molecule has 0 bridgehead atoms. The lowest BCUT2D eigenvalue weighted by Crippen LogP contribution is -2.26. The first-order valence-corrected chi connectivity index (χ1v) is 8.23. The molecule has 1 aliphatic rings. The van der Waals surface area contributed by atoms with Gasteiger partial charge in [-0.2, -0.15) is 0 Å². The minimum atomic E-state index is -0.0473. The van der Waals surface area contributed by atoms with Gasteiger partial charge in [-0.05, 0) is 37.5 Å². The van der Waals surface area contributed by atoms with Crippen molar-refractivity contribution in [2.75, 3.05) is 13.6 Å². The fraction of sp³-hybridized carbons (Fsp3) is 0.444. The smallest absolute Gasteiger partial charge is 0.251 e. The van der Waals surface area contributed by atoms with Crippen molar-refractivity contribution in [2.45, 2.75) is 38.8 Å². The van der Waals surface area contributed by atoms with Gasteiger partial charge in [0.1, 0.15) is 5.82 Å². The van der Waals surface area contributed by atoms with Crippen LogP contribution in [0.2, 0.25) is 0 Å². The molecule has 1 aromatic carbocycles. The Morgan fingerprint density at radius 1 is 1.35 bits per heavy atom. The average Bonchev–Trinajstić information content (AvgIpc) is 2.96. The molecule has 2 N–H and O–H groups in total. The molecule has 5 heteroatoms. The highest BCUT2D eigenvalue weighted by Gasteiger charge is 2.21. The number of aryl methyl sites for hydroxylation is 2. The molecule has 1 amide bonds. The third-order valence-corrected chi connectivity index (χ3v) is 4.41. The Kier molecular flexibility index (Phi) is 4.76. The number of amides is 1. The lowest BCUT2D eigenvalue weighted by Gasteiger charge is -2.23. The highest BCUT2D eigenvalue weighted by Crippen LogP contribution is 2.26. The zero-order valence-electron chi connectivity index (χ0n) is 13.8. The molecule has 0 radical (unpaired) electrons. The highest BCUT2D eigenvalue weighted by atomic mass is 16.1. The maximum absolute atomic E-state index is 11.5. The predicted molar refractivity (Wildman–Crippen MR) is 90.5 cm³/mol. The van der Waals surface area contributed by atoms with E-state index in [1.807, 2.05) is 24.3 Å². The summed E-state index contributed by atoms with van der Waals surface area (Å²) in [6, 6.07) is 7.74. The molecule has 0 spiro atoms. The van der Waals surface area contributed by atoms with Gasteiger partial charge >= 0.3 is 0 Å². The van der Waals surface area contributed by atoms with Crippen LogP contribution in [0.4, 0.5) is 0 Å². The molecule has 1 aromatic heterocycles. The number of aromatic nitrogens is 2. The van der Waals surface area contributed by atoms with E-state index in [1.165, 1.54) is 24.2 Å². The summed E-state index contributed by atoms with van der Waals surface area (Å²) in [6.45, 7) is 4.90. The number of rotatable bonds is 5. The Morgan fingerprint density at radius 2 is 2.13 bits per heavy atom. The van der Waals surface area contributed by atoms with Crippen LogP contribution in [0.15, 0.2) is 30.5 Å². The Hall–Kier alpha value is -2.14. The average molecular weight is 312 g/mol. The van der Waals surface area contributed by atoms with Crippen LogP contribution >= 0.6 is 0 Å². The molecular formula is C18H24N4O. The molecule has 5 nitrogen and oxygen atoms in total. The van der Waals surface area contributed by atoms with E-state index in [2.05, 4.69) is 33.3 Å². The molecule has 0 fully saturated rings. The third kappa shape index (κ3) is 3.62. The number of imidazole rings is 1. The van der Waals surface area contributed by atoms with Crippen molar-refractivity contribution in [1.29, 1.82) is 0 Å². The van der Waals surface area contributed by atoms with Crippen LogP contribution in [0.3, 0.4) is 0 Å². The van der Waals surface area contributed by atoms with Crippen molar-refractivity contribution >= 4 is 5.91 Å². The van der Waals surface area contributed by atoms with Gasteiger partial charge in [-0.3, -0.25) is 4.79 Å². The van der Waals surface area contributed by atoms with Crippen LogP contribution in [-0.2, 0) is 13.1 Å². The van der Waals surface area contributed by atoms with Gasteiger partial charge in [0.05, 0.1) is 5.69 Å². The minimum Gasteiger partial charge on any atom is -0.355 e. The molecule has 122 valence electrons. The number of carbonyl (C=O) groups excluding carboxylic acids is 1. The first kappa shape index (κ1) is 15.7. The molecule has 3 rings (SSSR count). The molecule has 1 aliphatic heterocycles. The fourth-order valence-corrected chi connectivity index (χ4v) is 3.21. The second-order valence-electron chi connectivity index (χ2n) is 6.18. The summed E-state index contributed by atoms with van der Waals surface area (Å²) in [6.07, 6.45) is 4.56. The van der Waals surface area contributed by atoms with Gasteiger partial charge in [0, 0.05) is 44.4 Å². The van der Waals surface area contributed by atoms with Crippen molar-refractivity contribution in [1.82, 2.24) is 20.2 Å². The number of hydrogen-bond donors (Lipinski definition) is 2. The molecule has 2 aromatic rings. The van der Waals surface area contributed by atoms with E-state index in [-0.39, 0.29) is 5.91 Å². The molecule has 2 heterocycles. The topological polar surface area (TPSA) is 59.0 Å². The van der Waals surface area contributed by atoms with Crippen LogP contribution in [-0.4, -0.2) is 29.1 Å². The fourth-order valence-electron chi connectivity index (χ4n) is 3.21. The predicted octanol–water partition coefficient (Wildman–Crippen LogP) is 2.22. The van der Waals surface area contributed by atoms with Gasteiger partial charge in [-0.1, -0.05) is 12.1 Å². The van der Waals surface area contributed by atoms with Crippen LogP contribution < -0.4 is 10.6 Å². The van der Waals surface area contributed by atoms with E-state index in [0.29, 0.717) is 11.5 Å². The van der Waals surface area contributed by atoms with Crippen LogP contribution in [0, 0.1) is 6.92 Å². The first-order valence-electron chi connectivity index (χ1n) is 8.23. The van der Waals surface area contributed by atoms with Gasteiger partial charge in [0.15, 0.2) is 0 Å². The minimum absolute atomic E-state index is 0.0473. The van der Waals surface area contributed by atoms with E-state index in [9.17, 15) is 4.79 Å². The number of nitrogens with zero attached hydrogens (tertiary/aromatic N) is 2. The monoisotopic (exact) mass is 312 g/mol. The van der Waals surface area contributed by atoms with E-state index in [0.717, 1.165) is 25.3 Å². The van der Waals surface area contributed by atoms with E-state index < -0.39 is 0 Å². The van der Waals surface area contributed by atoms with Gasteiger partial charge in [-0.15, -0.1) is 0 Å². The standard InChI is InChI=1S/C18H24N4O/c1-13-12-22-9-3-4-16(17(22)21-13)11-20-10-14-5-7-15(8-6-14)18(23)19-2/h5-8,12,16,20H,3-4,9-11H2,1-2H3,(H,19,23)/t16-/m1/s1. The van der Waals surface area contributed by atoms with Crippen LogP contribution in [0.5, 0.6) is 0 Å². The van der Waals surface area contributed by atoms with Crippen molar-refractivity contribution in [3.05, 3.63) is 53.1 Å². The second kappa shape index (κ2) is 6.96. The number of nitrogens with one attached hydrogen (secondary N) is 2. The van der Waals surface area contributed by atoms with Crippen molar-refractivity contribution in [3.8, 4) is 0 Å². The summed E-state index contributed by atoms with van der Waals surface area (Å²) in [4.78, 5) is 16.2. The third-order valence-electron chi connectivity index (χ3n) is 4.41. The molecule has 0 saturated heterocycles. The maximum atomic E-state index is 11.5. The highest BCUT2D eigenvalue weighted by molar-refractivity contribution is 5.93.